The molecule has 0 saturated heterocycles. The first kappa shape index (κ1) is 17.9. The summed E-state index contributed by atoms with van der Waals surface area (Å²) < 4.78 is 15.9. The van der Waals surface area contributed by atoms with E-state index in [9.17, 15) is 9.18 Å². The van der Waals surface area contributed by atoms with Gasteiger partial charge in [-0.2, -0.15) is 0 Å². The van der Waals surface area contributed by atoms with Gasteiger partial charge in [0.05, 0.1) is 17.4 Å². The average molecular weight is 406 g/mol. The van der Waals surface area contributed by atoms with Crippen LogP contribution < -0.4 is 4.90 Å². The summed E-state index contributed by atoms with van der Waals surface area (Å²) in [5.74, 6) is -0.277. The van der Waals surface area contributed by atoms with E-state index >= 15 is 0 Å². The number of hydrogen-bond donors (Lipinski definition) is 0. The molecule has 6 heteroatoms. The first-order valence-electron chi connectivity index (χ1n) is 9.38. The number of carbonyl (C=O) groups excluding carboxylic acids is 1. The van der Waals surface area contributed by atoms with E-state index in [-0.39, 0.29) is 11.7 Å². The minimum Gasteiger partial charge on any atom is -0.343 e. The Kier molecular flexibility index (Phi) is 4.32. The predicted molar refractivity (Wildman–Crippen MR) is 112 cm³/mol. The van der Waals surface area contributed by atoms with Crippen molar-refractivity contribution in [2.45, 2.75) is 13.0 Å². The average Bonchev–Trinajstić information content (AvgIpc) is 3.12. The number of pyridine rings is 1. The molecule has 4 nitrogen and oxygen atoms in total. The Morgan fingerprint density at radius 3 is 2.90 bits per heavy atom. The Bertz CT molecular complexity index is 1250. The molecule has 5 rings (SSSR count). The molecule has 29 heavy (non-hydrogen) atoms. The molecule has 4 aromatic rings. The van der Waals surface area contributed by atoms with Crippen LogP contribution >= 0.6 is 11.6 Å². The molecule has 0 fully saturated rings. The second kappa shape index (κ2) is 7.01. The minimum atomic E-state index is -0.231. The van der Waals surface area contributed by atoms with Crippen LogP contribution in [0.3, 0.4) is 0 Å². The van der Waals surface area contributed by atoms with Crippen LogP contribution in [-0.4, -0.2) is 22.0 Å². The number of rotatable bonds is 3. The minimum absolute atomic E-state index is 0.0460. The number of nitrogens with zero attached hydrogens (tertiary/aromatic N) is 3. The van der Waals surface area contributed by atoms with Gasteiger partial charge in [-0.25, -0.2) is 4.39 Å². The molecular weight excluding hydrogens is 389 g/mol. The topological polar surface area (TPSA) is 38.1 Å². The van der Waals surface area contributed by atoms with Crippen molar-refractivity contribution in [3.05, 3.63) is 94.7 Å². The number of amides is 1. The number of benzene rings is 2. The van der Waals surface area contributed by atoms with Crippen molar-refractivity contribution < 1.29 is 9.18 Å². The highest BCUT2D eigenvalue weighted by molar-refractivity contribution is 6.30. The van der Waals surface area contributed by atoms with Crippen LogP contribution in [0.25, 0.3) is 10.9 Å². The van der Waals surface area contributed by atoms with Crippen LogP contribution in [0.15, 0.2) is 67.1 Å². The molecule has 3 heterocycles. The standard InChI is InChI=1S/C23H17ClFN3O/c24-17-4-5-19-16(11-17)6-9-28(23(19)29)18-10-15(12-26-13-18)14-27-8-7-20-21(25)2-1-3-22(20)27/h1-5,7-8,10-13H,6,9,14H2. The van der Waals surface area contributed by atoms with E-state index in [0.29, 0.717) is 29.1 Å². The second-order valence-corrected chi connectivity index (χ2v) is 7.61. The third-order valence-corrected chi connectivity index (χ3v) is 5.59. The molecule has 0 unspecified atom stereocenters. The fraction of sp³-hybridized carbons (Fsp3) is 0.130. The van der Waals surface area contributed by atoms with Gasteiger partial charge in [-0.1, -0.05) is 17.7 Å². The van der Waals surface area contributed by atoms with Crippen LogP contribution in [0.1, 0.15) is 21.5 Å². The summed E-state index contributed by atoms with van der Waals surface area (Å²) in [4.78, 5) is 19.1. The lowest BCUT2D eigenvalue weighted by Crippen LogP contribution is -2.37. The number of fused-ring (bicyclic) bond motifs is 2. The molecule has 2 aromatic carbocycles. The summed E-state index contributed by atoms with van der Waals surface area (Å²) in [6.45, 7) is 1.12. The number of hydrogen-bond acceptors (Lipinski definition) is 2. The lowest BCUT2D eigenvalue weighted by molar-refractivity contribution is 0.0980. The predicted octanol–water partition coefficient (Wildman–Crippen LogP) is 5.08. The number of carbonyl (C=O) groups is 1. The van der Waals surface area contributed by atoms with Crippen LogP contribution in [0.4, 0.5) is 10.1 Å². The maximum atomic E-state index is 14.0. The molecule has 1 aliphatic rings. The zero-order valence-corrected chi connectivity index (χ0v) is 16.2. The van der Waals surface area contributed by atoms with Gasteiger partial charge in [-0.15, -0.1) is 0 Å². The van der Waals surface area contributed by atoms with Crippen LogP contribution in [0.5, 0.6) is 0 Å². The summed E-state index contributed by atoms with van der Waals surface area (Å²) in [6, 6.07) is 14.2. The van der Waals surface area contributed by atoms with Crippen molar-refractivity contribution in [1.82, 2.24) is 9.55 Å². The Labute approximate surface area is 172 Å². The summed E-state index contributed by atoms with van der Waals surface area (Å²) in [7, 11) is 0. The monoisotopic (exact) mass is 405 g/mol. The molecule has 0 atom stereocenters. The maximum absolute atomic E-state index is 14.0. The zero-order valence-electron chi connectivity index (χ0n) is 15.5. The van der Waals surface area contributed by atoms with Gasteiger partial charge in [0.15, 0.2) is 0 Å². The lowest BCUT2D eigenvalue weighted by Gasteiger charge is -2.28. The van der Waals surface area contributed by atoms with E-state index in [0.717, 1.165) is 28.8 Å². The van der Waals surface area contributed by atoms with Crippen LogP contribution in [-0.2, 0) is 13.0 Å². The largest absolute Gasteiger partial charge is 0.343 e. The van der Waals surface area contributed by atoms with Crippen molar-refractivity contribution in [3.63, 3.8) is 0 Å². The van der Waals surface area contributed by atoms with Crippen LogP contribution in [0, 0.1) is 5.82 Å². The quantitative estimate of drug-likeness (QED) is 0.476. The molecule has 0 saturated carbocycles. The normalized spacial score (nSPS) is 13.7. The SMILES string of the molecule is O=C1c2ccc(Cl)cc2CCN1c1cncc(Cn2ccc3c(F)cccc32)c1. The molecule has 0 bridgehead atoms. The molecule has 0 N–H and O–H groups in total. The number of halogens is 2. The molecule has 1 aliphatic heterocycles. The first-order chi connectivity index (χ1) is 14.1. The van der Waals surface area contributed by atoms with Gasteiger partial charge in [-0.05, 0) is 60.0 Å². The van der Waals surface area contributed by atoms with E-state index < -0.39 is 0 Å². The van der Waals surface area contributed by atoms with Gasteiger partial charge in [0.25, 0.3) is 5.91 Å². The summed E-state index contributed by atoms with van der Waals surface area (Å²) in [5, 5.41) is 1.24. The fourth-order valence-corrected chi connectivity index (χ4v) is 4.13. The summed E-state index contributed by atoms with van der Waals surface area (Å²) >= 11 is 6.06. The highest BCUT2D eigenvalue weighted by Crippen LogP contribution is 2.27. The van der Waals surface area contributed by atoms with Gasteiger partial charge in [-0.3, -0.25) is 9.78 Å². The summed E-state index contributed by atoms with van der Waals surface area (Å²) in [5.41, 5.74) is 4.19. The lowest BCUT2D eigenvalue weighted by atomic mass is 9.98. The molecule has 0 aliphatic carbocycles. The fourth-order valence-electron chi connectivity index (χ4n) is 3.93. The van der Waals surface area contributed by atoms with Gasteiger partial charge in [0.2, 0.25) is 0 Å². The van der Waals surface area contributed by atoms with Crippen molar-refractivity contribution in [2.75, 3.05) is 11.4 Å². The van der Waals surface area contributed by atoms with Crippen molar-refractivity contribution >= 4 is 34.1 Å². The third kappa shape index (κ3) is 3.17. The van der Waals surface area contributed by atoms with E-state index in [1.807, 2.05) is 29.0 Å². The van der Waals surface area contributed by atoms with E-state index in [4.69, 9.17) is 11.6 Å². The Balaban J connectivity index is 1.45. The van der Waals surface area contributed by atoms with Gasteiger partial charge in [0.1, 0.15) is 5.82 Å². The number of anilines is 1. The molecule has 1 amide bonds. The molecule has 2 aromatic heterocycles. The van der Waals surface area contributed by atoms with Crippen molar-refractivity contribution in [1.29, 1.82) is 0 Å². The highest BCUT2D eigenvalue weighted by atomic mass is 35.5. The van der Waals surface area contributed by atoms with Crippen LogP contribution in [0.2, 0.25) is 5.02 Å². The van der Waals surface area contributed by atoms with Gasteiger partial charge >= 0.3 is 0 Å². The third-order valence-electron chi connectivity index (χ3n) is 5.35. The number of aromatic nitrogens is 2. The van der Waals surface area contributed by atoms with Crippen molar-refractivity contribution in [3.8, 4) is 0 Å². The first-order valence-corrected chi connectivity index (χ1v) is 9.75. The molecule has 0 radical (unpaired) electrons. The Hall–Kier alpha value is -3.18. The van der Waals surface area contributed by atoms with E-state index in [1.54, 1.807) is 41.6 Å². The van der Waals surface area contributed by atoms with Gasteiger partial charge < -0.3 is 9.47 Å². The zero-order chi connectivity index (χ0) is 20.0. The highest BCUT2D eigenvalue weighted by Gasteiger charge is 2.26. The molecule has 0 spiro atoms. The van der Waals surface area contributed by atoms with Crippen molar-refractivity contribution in [2.24, 2.45) is 0 Å². The Morgan fingerprint density at radius 1 is 1.10 bits per heavy atom. The maximum Gasteiger partial charge on any atom is 0.258 e. The van der Waals surface area contributed by atoms with Gasteiger partial charge in [0, 0.05) is 41.5 Å². The van der Waals surface area contributed by atoms with E-state index in [1.165, 1.54) is 6.07 Å². The molecule has 144 valence electrons. The van der Waals surface area contributed by atoms with E-state index in [2.05, 4.69) is 4.98 Å². The smallest absolute Gasteiger partial charge is 0.258 e. The Morgan fingerprint density at radius 2 is 2.00 bits per heavy atom. The summed E-state index contributed by atoms with van der Waals surface area (Å²) in [6.07, 6.45) is 6.09. The molecular formula is C23H17ClFN3O. The second-order valence-electron chi connectivity index (χ2n) is 7.18.